The predicted molar refractivity (Wildman–Crippen MR) is 62.0 cm³/mol. The van der Waals surface area contributed by atoms with Gasteiger partial charge in [0.1, 0.15) is 12.1 Å². The molecule has 7 heteroatoms. The second-order valence-corrected chi connectivity index (χ2v) is 4.11. The highest BCUT2D eigenvalue weighted by Crippen LogP contribution is 2.17. The summed E-state index contributed by atoms with van der Waals surface area (Å²) in [5.74, 6) is -1.55. The van der Waals surface area contributed by atoms with Crippen molar-refractivity contribution in [3.05, 3.63) is 0 Å². The van der Waals surface area contributed by atoms with E-state index in [4.69, 9.17) is 9.84 Å². The molecule has 1 aliphatic heterocycles. The first-order valence-electron chi connectivity index (χ1n) is 5.94. The fraction of sp³-hybridized carbons (Fsp3) is 0.727. The number of carbonyl (C=O) groups excluding carboxylic acids is 2. The summed E-state index contributed by atoms with van der Waals surface area (Å²) in [6, 6.07) is -2.13. The number of carbonyl (C=O) groups is 3. The number of urea groups is 1. The van der Waals surface area contributed by atoms with Gasteiger partial charge in [-0.15, -0.1) is 0 Å². The number of rotatable bonds is 4. The van der Waals surface area contributed by atoms with Crippen molar-refractivity contribution < 1.29 is 24.2 Å². The molecule has 0 saturated carbocycles. The van der Waals surface area contributed by atoms with Gasteiger partial charge in [0, 0.05) is 6.54 Å². The average Bonchev–Trinajstić information content (AvgIpc) is 2.78. The minimum atomic E-state index is -1.02. The van der Waals surface area contributed by atoms with Gasteiger partial charge < -0.3 is 20.1 Å². The van der Waals surface area contributed by atoms with Crippen molar-refractivity contribution in [2.75, 3.05) is 13.2 Å². The van der Waals surface area contributed by atoms with Crippen LogP contribution in [0.2, 0.25) is 0 Å². The Balaban J connectivity index is 2.54. The molecule has 2 amide bonds. The number of nitrogens with one attached hydrogen (secondary N) is 1. The summed E-state index contributed by atoms with van der Waals surface area (Å²) >= 11 is 0. The van der Waals surface area contributed by atoms with Gasteiger partial charge in [0.2, 0.25) is 0 Å². The van der Waals surface area contributed by atoms with Crippen LogP contribution >= 0.6 is 0 Å². The molecule has 0 aromatic rings. The fourth-order valence-electron chi connectivity index (χ4n) is 1.86. The lowest BCUT2D eigenvalue weighted by atomic mass is 10.2. The van der Waals surface area contributed by atoms with Crippen LogP contribution < -0.4 is 5.32 Å². The molecule has 102 valence electrons. The van der Waals surface area contributed by atoms with Crippen LogP contribution in [-0.4, -0.2) is 53.2 Å². The predicted octanol–water partition coefficient (Wildman–Crippen LogP) is 0.197. The van der Waals surface area contributed by atoms with Crippen molar-refractivity contribution in [3.8, 4) is 0 Å². The van der Waals surface area contributed by atoms with E-state index >= 15 is 0 Å². The first kappa shape index (κ1) is 14.3. The number of amides is 2. The van der Waals surface area contributed by atoms with E-state index in [9.17, 15) is 14.4 Å². The van der Waals surface area contributed by atoms with Gasteiger partial charge in [0.05, 0.1) is 6.61 Å². The van der Waals surface area contributed by atoms with Crippen molar-refractivity contribution in [2.24, 2.45) is 0 Å². The molecule has 2 N–H and O–H groups in total. The lowest BCUT2D eigenvalue weighted by Gasteiger charge is -2.23. The largest absolute Gasteiger partial charge is 0.480 e. The minimum Gasteiger partial charge on any atom is -0.480 e. The zero-order chi connectivity index (χ0) is 13.7. The van der Waals surface area contributed by atoms with Crippen LogP contribution in [0.1, 0.15) is 26.7 Å². The van der Waals surface area contributed by atoms with Gasteiger partial charge >= 0.3 is 18.0 Å². The number of hydrogen-bond acceptors (Lipinski definition) is 4. The molecule has 1 heterocycles. The number of aliphatic carboxylic acids is 1. The Morgan fingerprint density at radius 3 is 2.72 bits per heavy atom. The van der Waals surface area contributed by atoms with Gasteiger partial charge in [-0.25, -0.2) is 14.4 Å². The van der Waals surface area contributed by atoms with Gasteiger partial charge in [-0.1, -0.05) is 0 Å². The standard InChI is InChI=1S/C11H18N2O5/c1-3-18-10(16)7(2)12-11(17)13-6-4-5-8(13)9(14)15/h7-8H,3-6H2,1-2H3,(H,12,17)(H,14,15)/t7?,8-/m1/s1. The molecule has 2 atom stereocenters. The minimum absolute atomic E-state index is 0.237. The normalized spacial score (nSPS) is 20.3. The number of ether oxygens (including phenoxy) is 1. The van der Waals surface area contributed by atoms with E-state index in [2.05, 4.69) is 5.32 Å². The Morgan fingerprint density at radius 2 is 2.17 bits per heavy atom. The van der Waals surface area contributed by atoms with Crippen molar-refractivity contribution in [1.82, 2.24) is 10.2 Å². The molecule has 7 nitrogen and oxygen atoms in total. The number of carboxylic acids is 1. The zero-order valence-electron chi connectivity index (χ0n) is 10.5. The van der Waals surface area contributed by atoms with Gasteiger partial charge in [0.15, 0.2) is 0 Å². The number of nitrogens with zero attached hydrogens (tertiary/aromatic N) is 1. The molecular weight excluding hydrogens is 240 g/mol. The van der Waals surface area contributed by atoms with Crippen molar-refractivity contribution in [2.45, 2.75) is 38.8 Å². The van der Waals surface area contributed by atoms with Crippen LogP contribution in [-0.2, 0) is 14.3 Å². The fourth-order valence-corrected chi connectivity index (χ4v) is 1.86. The summed E-state index contributed by atoms with van der Waals surface area (Å²) in [4.78, 5) is 35.3. The monoisotopic (exact) mass is 258 g/mol. The quantitative estimate of drug-likeness (QED) is 0.702. The van der Waals surface area contributed by atoms with Crippen molar-refractivity contribution >= 4 is 18.0 Å². The smallest absolute Gasteiger partial charge is 0.328 e. The molecule has 0 aromatic heterocycles. The lowest BCUT2D eigenvalue weighted by molar-refractivity contribution is -0.144. The Morgan fingerprint density at radius 1 is 1.50 bits per heavy atom. The Kier molecular flexibility index (Phi) is 4.94. The van der Waals surface area contributed by atoms with Gasteiger partial charge in [-0.05, 0) is 26.7 Å². The van der Waals surface area contributed by atoms with Gasteiger partial charge in [-0.2, -0.15) is 0 Å². The average molecular weight is 258 g/mol. The molecule has 18 heavy (non-hydrogen) atoms. The van der Waals surface area contributed by atoms with Crippen LogP contribution in [0.5, 0.6) is 0 Å². The maximum absolute atomic E-state index is 11.8. The van der Waals surface area contributed by atoms with Gasteiger partial charge in [0.25, 0.3) is 0 Å². The topological polar surface area (TPSA) is 95.9 Å². The lowest BCUT2D eigenvalue weighted by Crippen LogP contribution is -2.50. The van der Waals surface area contributed by atoms with E-state index in [1.165, 1.54) is 11.8 Å². The first-order valence-corrected chi connectivity index (χ1v) is 5.94. The van der Waals surface area contributed by atoms with Crippen LogP contribution in [0, 0.1) is 0 Å². The molecule has 1 fully saturated rings. The second kappa shape index (κ2) is 6.23. The van der Waals surface area contributed by atoms with E-state index in [0.29, 0.717) is 19.4 Å². The highest BCUT2D eigenvalue weighted by Gasteiger charge is 2.34. The summed E-state index contributed by atoms with van der Waals surface area (Å²) in [5.41, 5.74) is 0. The van der Waals surface area contributed by atoms with Crippen LogP contribution in [0.15, 0.2) is 0 Å². The second-order valence-electron chi connectivity index (χ2n) is 4.11. The summed E-state index contributed by atoms with van der Waals surface area (Å²) in [6.07, 6.45) is 1.09. The Hall–Kier alpha value is -1.79. The first-order chi connectivity index (χ1) is 8.47. The van der Waals surface area contributed by atoms with E-state index in [1.54, 1.807) is 6.92 Å². The SMILES string of the molecule is CCOC(=O)C(C)NC(=O)N1CCC[C@@H]1C(=O)O. The summed E-state index contributed by atoms with van der Waals surface area (Å²) in [6.45, 7) is 3.80. The van der Waals surface area contributed by atoms with Gasteiger partial charge in [-0.3, -0.25) is 0 Å². The molecule has 1 rings (SSSR count). The molecule has 1 aliphatic rings. The number of esters is 1. The summed E-state index contributed by atoms with van der Waals surface area (Å²) < 4.78 is 4.75. The van der Waals surface area contributed by atoms with E-state index in [1.807, 2.05) is 0 Å². The van der Waals surface area contributed by atoms with Crippen LogP contribution in [0.4, 0.5) is 4.79 Å². The number of likely N-dealkylation sites (tertiary alicyclic amines) is 1. The summed E-state index contributed by atoms with van der Waals surface area (Å²) in [5, 5.41) is 11.4. The van der Waals surface area contributed by atoms with Crippen LogP contribution in [0.25, 0.3) is 0 Å². The maximum atomic E-state index is 11.8. The molecule has 0 spiro atoms. The van der Waals surface area contributed by atoms with E-state index in [0.717, 1.165) is 0 Å². The highest BCUT2D eigenvalue weighted by molar-refractivity contribution is 5.86. The number of hydrogen-bond donors (Lipinski definition) is 2. The van der Waals surface area contributed by atoms with E-state index in [-0.39, 0.29) is 6.61 Å². The maximum Gasteiger partial charge on any atom is 0.328 e. The third-order valence-corrected chi connectivity index (χ3v) is 2.78. The third-order valence-electron chi connectivity index (χ3n) is 2.78. The van der Waals surface area contributed by atoms with Crippen molar-refractivity contribution in [3.63, 3.8) is 0 Å². The zero-order valence-corrected chi connectivity index (χ0v) is 10.5. The third kappa shape index (κ3) is 3.35. The molecular formula is C11H18N2O5. The Bertz CT molecular complexity index is 344. The molecule has 1 unspecified atom stereocenters. The van der Waals surface area contributed by atoms with Crippen LogP contribution in [0.3, 0.4) is 0 Å². The highest BCUT2D eigenvalue weighted by atomic mass is 16.5. The van der Waals surface area contributed by atoms with E-state index < -0.39 is 30.1 Å². The molecule has 0 radical (unpaired) electrons. The molecule has 0 bridgehead atoms. The van der Waals surface area contributed by atoms with Crippen molar-refractivity contribution in [1.29, 1.82) is 0 Å². The number of carboxylic acid groups (broad SMARTS) is 1. The Labute approximate surface area is 105 Å². The summed E-state index contributed by atoms with van der Waals surface area (Å²) in [7, 11) is 0. The molecule has 0 aliphatic carbocycles. The molecule has 1 saturated heterocycles. The molecule has 0 aromatic carbocycles.